The third kappa shape index (κ3) is 7.12. The molecule has 0 radical (unpaired) electrons. The van der Waals surface area contributed by atoms with E-state index in [-0.39, 0.29) is 55.0 Å². The number of terminal acetylenes is 1. The Kier molecular flexibility index (Phi) is 9.87. The Morgan fingerprint density at radius 3 is 2.32 bits per heavy atom. The summed E-state index contributed by atoms with van der Waals surface area (Å²) in [5, 5.41) is 12.0. The summed E-state index contributed by atoms with van der Waals surface area (Å²) in [5.41, 5.74) is -0.305. The second-order valence-corrected chi connectivity index (χ2v) is 12.4. The van der Waals surface area contributed by atoms with E-state index in [2.05, 4.69) is 21.9 Å². The van der Waals surface area contributed by atoms with Gasteiger partial charge in [0.2, 0.25) is 10.0 Å². The van der Waals surface area contributed by atoms with Crippen molar-refractivity contribution in [3.63, 3.8) is 0 Å². The summed E-state index contributed by atoms with van der Waals surface area (Å²) in [6.45, 7) is 0.518. The van der Waals surface area contributed by atoms with Crippen molar-refractivity contribution in [2.45, 2.75) is 23.8 Å². The van der Waals surface area contributed by atoms with Crippen LogP contribution in [-0.2, 0) is 24.3 Å². The lowest BCUT2D eigenvalue weighted by Crippen LogP contribution is -2.45. The van der Waals surface area contributed by atoms with Gasteiger partial charge in [0, 0.05) is 49.7 Å². The number of nitro groups is 1. The summed E-state index contributed by atoms with van der Waals surface area (Å²) < 4.78 is 56.4. The summed E-state index contributed by atoms with van der Waals surface area (Å²) in [6, 6.07) is 2.39. The van der Waals surface area contributed by atoms with Gasteiger partial charge >= 0.3 is 0 Å². The number of halogens is 1. The van der Waals surface area contributed by atoms with E-state index in [1.54, 1.807) is 4.90 Å². The monoisotopic (exact) mass is 580 g/mol. The van der Waals surface area contributed by atoms with Crippen LogP contribution in [0.5, 0.6) is 0 Å². The fraction of sp³-hybridized carbons (Fsp3) is 0.600. The molecule has 0 N–H and O–H groups in total. The first-order valence-corrected chi connectivity index (χ1v) is 14.8. The molecule has 0 atom stereocenters. The van der Waals surface area contributed by atoms with E-state index < -0.39 is 30.8 Å². The number of anilines is 1. The van der Waals surface area contributed by atoms with Gasteiger partial charge in [0.1, 0.15) is 4.90 Å². The van der Waals surface area contributed by atoms with Crippen LogP contribution in [0.25, 0.3) is 0 Å². The van der Waals surface area contributed by atoms with Gasteiger partial charge in [-0.3, -0.25) is 14.3 Å². The number of nitrogens with zero attached hydrogens (tertiary/aromatic N) is 4. The summed E-state index contributed by atoms with van der Waals surface area (Å²) in [7, 11) is -4.00. The van der Waals surface area contributed by atoms with Crippen molar-refractivity contribution in [2.24, 2.45) is 0 Å². The Balaban J connectivity index is 2.59. The lowest BCUT2D eigenvalue weighted by molar-refractivity contribution is -0.385. The highest BCUT2D eigenvalue weighted by atomic mass is 79.9. The lowest BCUT2D eigenvalue weighted by atomic mass is 10.1. The van der Waals surface area contributed by atoms with Gasteiger partial charge in [0.05, 0.1) is 29.0 Å². The average molecular weight is 582 g/mol. The minimum Gasteiger partial charge on any atom is -0.366 e. The highest BCUT2D eigenvalue weighted by Gasteiger charge is 2.35. The molecule has 2 rings (SSSR count). The van der Waals surface area contributed by atoms with E-state index in [4.69, 9.17) is 10.6 Å². The average Bonchev–Trinajstić information content (AvgIpc) is 2.76. The number of nitro benzene ring substituents is 1. The molecule has 1 aromatic carbocycles. The molecule has 1 aliphatic rings. The first-order valence-electron chi connectivity index (χ1n) is 10.4. The zero-order valence-corrected chi connectivity index (χ0v) is 22.5. The van der Waals surface area contributed by atoms with Crippen molar-refractivity contribution in [3.05, 3.63) is 27.8 Å². The number of alkyl halides is 1. The highest BCUT2D eigenvalue weighted by molar-refractivity contribution is 9.09. The Labute approximate surface area is 209 Å². The van der Waals surface area contributed by atoms with Gasteiger partial charge in [0.15, 0.2) is 0 Å². The predicted molar refractivity (Wildman–Crippen MR) is 133 cm³/mol. The molecule has 1 fully saturated rings. The number of benzene rings is 1. The van der Waals surface area contributed by atoms with Crippen LogP contribution in [0, 0.1) is 22.5 Å². The van der Waals surface area contributed by atoms with E-state index in [0.29, 0.717) is 18.2 Å². The van der Waals surface area contributed by atoms with Crippen LogP contribution in [-0.4, -0.2) is 95.5 Å². The molecule has 0 aliphatic carbocycles. The number of hydrogen-bond acceptors (Lipinski definition) is 9. The van der Waals surface area contributed by atoms with Gasteiger partial charge in [-0.15, -0.1) is 6.42 Å². The SMILES string of the molecule is C#Cc1cc([N+](=O)[O-])cc(S(=O)(=O)N2CCC(N(C)C)CC2)c1N(CCBr)CCOS(C)(=O)=O. The first kappa shape index (κ1) is 28.5. The van der Waals surface area contributed by atoms with Crippen LogP contribution in [0.15, 0.2) is 17.0 Å². The zero-order chi connectivity index (χ0) is 25.7. The topological polar surface area (TPSA) is 130 Å². The lowest BCUT2D eigenvalue weighted by Gasteiger charge is -2.35. The minimum atomic E-state index is -4.15. The second kappa shape index (κ2) is 11.8. The fourth-order valence-electron chi connectivity index (χ4n) is 3.81. The number of non-ortho nitro benzene ring substituents is 1. The van der Waals surface area contributed by atoms with Gasteiger partial charge in [-0.1, -0.05) is 21.9 Å². The number of hydrogen-bond donors (Lipinski definition) is 0. The molecule has 0 unspecified atom stereocenters. The number of piperidine rings is 1. The quantitative estimate of drug-likeness (QED) is 0.125. The molecule has 14 heteroatoms. The fourth-order valence-corrected chi connectivity index (χ4v) is 6.33. The van der Waals surface area contributed by atoms with Gasteiger partial charge in [-0.25, -0.2) is 8.42 Å². The van der Waals surface area contributed by atoms with E-state index in [1.807, 2.05) is 19.0 Å². The van der Waals surface area contributed by atoms with E-state index in [1.165, 1.54) is 4.31 Å². The van der Waals surface area contributed by atoms with Crippen molar-refractivity contribution < 1.29 is 25.9 Å². The Hall–Kier alpha value is -1.76. The summed E-state index contributed by atoms with van der Waals surface area (Å²) in [6.07, 6.45) is 7.79. The highest BCUT2D eigenvalue weighted by Crippen LogP contribution is 2.36. The first-order chi connectivity index (χ1) is 15.8. The molecule has 0 aromatic heterocycles. The molecule has 1 aromatic rings. The summed E-state index contributed by atoms with van der Waals surface area (Å²) in [4.78, 5) is 14.2. The maximum atomic E-state index is 13.7. The molecular formula is C20H29BrN4O7S2. The maximum absolute atomic E-state index is 13.7. The second-order valence-electron chi connectivity index (χ2n) is 8.04. The van der Waals surface area contributed by atoms with Gasteiger partial charge in [-0.05, 0) is 26.9 Å². The van der Waals surface area contributed by atoms with Crippen LogP contribution in [0.2, 0.25) is 0 Å². The van der Waals surface area contributed by atoms with Crippen LogP contribution in [0.4, 0.5) is 11.4 Å². The molecular weight excluding hydrogens is 552 g/mol. The van der Waals surface area contributed by atoms with Gasteiger partial charge < -0.3 is 9.80 Å². The van der Waals surface area contributed by atoms with Crippen molar-refractivity contribution in [3.8, 4) is 12.3 Å². The maximum Gasteiger partial charge on any atom is 0.272 e. The van der Waals surface area contributed by atoms with E-state index in [0.717, 1.165) is 18.4 Å². The third-order valence-electron chi connectivity index (χ3n) is 5.53. The smallest absolute Gasteiger partial charge is 0.272 e. The number of sulfonamides is 1. The molecule has 1 aliphatic heterocycles. The predicted octanol–water partition coefficient (Wildman–Crippen LogP) is 1.47. The van der Waals surface area contributed by atoms with Crippen LogP contribution < -0.4 is 4.90 Å². The molecule has 1 saturated heterocycles. The molecule has 0 saturated carbocycles. The van der Waals surface area contributed by atoms with E-state index >= 15 is 0 Å². The molecule has 1 heterocycles. The molecule has 11 nitrogen and oxygen atoms in total. The van der Waals surface area contributed by atoms with Crippen molar-refractivity contribution in [1.82, 2.24) is 9.21 Å². The molecule has 0 amide bonds. The molecule has 0 bridgehead atoms. The Morgan fingerprint density at radius 2 is 1.85 bits per heavy atom. The normalized spacial score (nSPS) is 15.9. The van der Waals surface area contributed by atoms with Gasteiger partial charge in [-0.2, -0.15) is 12.7 Å². The summed E-state index contributed by atoms with van der Waals surface area (Å²) in [5.74, 6) is 2.36. The third-order valence-corrected chi connectivity index (χ3v) is 8.39. The number of rotatable bonds is 11. The molecule has 190 valence electrons. The minimum absolute atomic E-state index is 0.00359. The largest absolute Gasteiger partial charge is 0.366 e. The Morgan fingerprint density at radius 1 is 1.24 bits per heavy atom. The standard InChI is InChI=1S/C20H29BrN4O7S2/c1-5-16-14-18(25(26)27)15-19(20(16)23(11-8-21)12-13-32-33(4,28)29)34(30,31)24-9-6-17(7-10-24)22(2)3/h1,14-15,17H,6-13H2,2-4H3. The molecule has 34 heavy (non-hydrogen) atoms. The summed E-state index contributed by atoms with van der Waals surface area (Å²) >= 11 is 3.31. The van der Waals surface area contributed by atoms with Crippen LogP contribution in [0.3, 0.4) is 0 Å². The van der Waals surface area contributed by atoms with Crippen LogP contribution >= 0.6 is 15.9 Å². The molecule has 0 spiro atoms. The zero-order valence-electron chi connectivity index (χ0n) is 19.3. The van der Waals surface area contributed by atoms with Crippen molar-refractivity contribution in [2.75, 3.05) is 63.4 Å². The van der Waals surface area contributed by atoms with Crippen molar-refractivity contribution in [1.29, 1.82) is 0 Å². The Bertz CT molecular complexity index is 1140. The van der Waals surface area contributed by atoms with E-state index in [9.17, 15) is 26.9 Å². The van der Waals surface area contributed by atoms with Gasteiger partial charge in [0.25, 0.3) is 15.8 Å². The van der Waals surface area contributed by atoms with Crippen LogP contribution in [0.1, 0.15) is 18.4 Å². The van der Waals surface area contributed by atoms with Crippen molar-refractivity contribution >= 4 is 47.4 Å².